The first kappa shape index (κ1) is 17.3. The summed E-state index contributed by atoms with van der Waals surface area (Å²) in [6, 6.07) is -1.12. The van der Waals surface area contributed by atoms with Gasteiger partial charge in [-0.1, -0.05) is 13.8 Å². The van der Waals surface area contributed by atoms with Crippen LogP contribution in [-0.2, 0) is 19.1 Å². The van der Waals surface area contributed by atoms with Crippen LogP contribution in [0.2, 0.25) is 0 Å². The summed E-state index contributed by atoms with van der Waals surface area (Å²) >= 11 is 0. The molecule has 0 aromatic carbocycles. The Kier molecular flexibility index (Phi) is 7.02. The molecule has 2 amide bonds. The highest BCUT2D eigenvalue weighted by molar-refractivity contribution is 5.91. The zero-order valence-electron chi connectivity index (χ0n) is 11.5. The van der Waals surface area contributed by atoms with Gasteiger partial charge in [-0.05, 0) is 5.92 Å². The fraction of sp³-hybridized carbons (Fsp3) is 0.727. The minimum atomic E-state index is -1.27. The Morgan fingerprint density at radius 1 is 1.21 bits per heavy atom. The van der Waals surface area contributed by atoms with Crippen LogP contribution in [-0.4, -0.2) is 48.5 Å². The van der Waals surface area contributed by atoms with Crippen LogP contribution in [0.1, 0.15) is 20.3 Å². The van der Waals surface area contributed by atoms with E-state index in [0.29, 0.717) is 0 Å². The third-order valence-electron chi connectivity index (χ3n) is 2.37. The van der Waals surface area contributed by atoms with Gasteiger partial charge in [-0.25, -0.2) is 0 Å². The molecule has 0 saturated carbocycles. The molecule has 0 spiro atoms. The summed E-state index contributed by atoms with van der Waals surface area (Å²) in [5, 5.41) is 0. The summed E-state index contributed by atoms with van der Waals surface area (Å²) in [5.74, 6) is -1.94. The lowest BCUT2D eigenvalue weighted by atomic mass is 10.1. The lowest BCUT2D eigenvalue weighted by Gasteiger charge is -2.26. The highest BCUT2D eigenvalue weighted by atomic mass is 16.5. The molecule has 0 heterocycles. The zero-order chi connectivity index (χ0) is 15.2. The molecule has 19 heavy (non-hydrogen) atoms. The first-order valence-electron chi connectivity index (χ1n) is 5.89. The second-order valence-electron chi connectivity index (χ2n) is 4.67. The first-order chi connectivity index (χ1) is 8.66. The Morgan fingerprint density at radius 2 is 1.74 bits per heavy atom. The molecular formula is C11H22N4O4. The van der Waals surface area contributed by atoms with E-state index in [9.17, 15) is 14.4 Å². The number of carbonyl (C=O) groups excluding carboxylic acids is 3. The Hall–Kier alpha value is -1.67. The lowest BCUT2D eigenvalue weighted by Crippen LogP contribution is -2.54. The van der Waals surface area contributed by atoms with Crippen molar-refractivity contribution in [2.24, 2.45) is 23.1 Å². The number of hydrogen-bond donors (Lipinski definition) is 3. The average molecular weight is 274 g/mol. The van der Waals surface area contributed by atoms with E-state index in [4.69, 9.17) is 21.9 Å². The third kappa shape index (κ3) is 6.16. The maximum Gasteiger partial charge on any atom is 0.308 e. The van der Waals surface area contributed by atoms with Crippen molar-refractivity contribution >= 4 is 17.8 Å². The number of nitrogens with zero attached hydrogens (tertiary/aromatic N) is 1. The fourth-order valence-electron chi connectivity index (χ4n) is 1.29. The third-order valence-corrected chi connectivity index (χ3v) is 2.37. The lowest BCUT2D eigenvalue weighted by molar-refractivity contribution is -0.150. The normalized spacial score (nSPS) is 12.4. The maximum absolute atomic E-state index is 11.6. The molecule has 8 heteroatoms. The van der Waals surface area contributed by atoms with Crippen LogP contribution in [0, 0.1) is 5.92 Å². The van der Waals surface area contributed by atoms with Gasteiger partial charge in [0.2, 0.25) is 5.91 Å². The van der Waals surface area contributed by atoms with Gasteiger partial charge in [0.15, 0.2) is 0 Å². The second kappa shape index (κ2) is 7.70. The molecule has 0 aromatic rings. The van der Waals surface area contributed by atoms with Crippen molar-refractivity contribution in [2.75, 3.05) is 13.7 Å². The smallest absolute Gasteiger partial charge is 0.308 e. The highest BCUT2D eigenvalue weighted by Gasteiger charge is 2.29. The van der Waals surface area contributed by atoms with E-state index in [1.807, 2.05) is 13.8 Å². The number of hydrogen-bond acceptors (Lipinski definition) is 6. The summed E-state index contributed by atoms with van der Waals surface area (Å²) in [6.45, 7) is 3.99. The number of esters is 1. The standard InChI is InChI=1S/C11H22N4O4/c1-6(2)5-19-8(16)4-7(10(14)17)15(3)11(18)9(12)13/h6-7,9H,4-5,12-13H2,1-3H3,(H2,14,17)/t7-/m0/s1. The van der Waals surface area contributed by atoms with Crippen molar-refractivity contribution in [3.05, 3.63) is 0 Å². The van der Waals surface area contributed by atoms with E-state index in [1.54, 1.807) is 0 Å². The summed E-state index contributed by atoms with van der Waals surface area (Å²) in [6.07, 6.45) is -1.59. The quantitative estimate of drug-likeness (QED) is 0.367. The molecule has 0 saturated heterocycles. The molecule has 0 aromatic heterocycles. The Balaban J connectivity index is 4.62. The van der Waals surface area contributed by atoms with Crippen molar-refractivity contribution < 1.29 is 19.1 Å². The van der Waals surface area contributed by atoms with E-state index in [0.717, 1.165) is 4.90 Å². The molecule has 8 nitrogen and oxygen atoms in total. The van der Waals surface area contributed by atoms with Gasteiger partial charge in [0.05, 0.1) is 13.0 Å². The molecule has 1 atom stereocenters. The molecule has 0 fully saturated rings. The minimum absolute atomic E-state index is 0.174. The zero-order valence-corrected chi connectivity index (χ0v) is 11.5. The van der Waals surface area contributed by atoms with Crippen LogP contribution in [0.5, 0.6) is 0 Å². The molecule has 110 valence electrons. The molecule has 0 unspecified atom stereocenters. The van der Waals surface area contributed by atoms with Crippen LogP contribution in [0.3, 0.4) is 0 Å². The fourth-order valence-corrected chi connectivity index (χ4v) is 1.29. The second-order valence-corrected chi connectivity index (χ2v) is 4.67. The van der Waals surface area contributed by atoms with E-state index >= 15 is 0 Å². The summed E-state index contributed by atoms with van der Waals surface area (Å²) in [7, 11) is 1.31. The number of likely N-dealkylation sites (N-methyl/N-ethyl adjacent to an activating group) is 1. The van der Waals surface area contributed by atoms with Gasteiger partial charge in [-0.3, -0.25) is 14.4 Å². The van der Waals surface area contributed by atoms with Gasteiger partial charge >= 0.3 is 5.97 Å². The molecule has 0 rings (SSSR count). The first-order valence-corrected chi connectivity index (χ1v) is 5.89. The number of amides is 2. The van der Waals surface area contributed by atoms with Gasteiger partial charge in [0, 0.05) is 7.05 Å². The topological polar surface area (TPSA) is 142 Å². The Morgan fingerprint density at radius 3 is 2.11 bits per heavy atom. The van der Waals surface area contributed by atoms with E-state index in [1.165, 1.54) is 7.05 Å². The SMILES string of the molecule is CC(C)COC(=O)C[C@@H](C(N)=O)N(C)C(=O)C(N)N. The van der Waals surface area contributed by atoms with Gasteiger partial charge in [-0.2, -0.15) is 0 Å². The Labute approximate surface area is 112 Å². The molecule has 0 aliphatic carbocycles. The van der Waals surface area contributed by atoms with Gasteiger partial charge < -0.3 is 26.8 Å². The van der Waals surface area contributed by atoms with Crippen LogP contribution in [0.15, 0.2) is 0 Å². The van der Waals surface area contributed by atoms with Crippen LogP contribution in [0.25, 0.3) is 0 Å². The molecule has 0 aliphatic heterocycles. The van der Waals surface area contributed by atoms with Gasteiger partial charge in [0.25, 0.3) is 5.91 Å². The minimum Gasteiger partial charge on any atom is -0.465 e. The molecule has 6 N–H and O–H groups in total. The van der Waals surface area contributed by atoms with E-state index in [2.05, 4.69) is 0 Å². The van der Waals surface area contributed by atoms with Crippen molar-refractivity contribution in [1.82, 2.24) is 4.90 Å². The van der Waals surface area contributed by atoms with E-state index in [-0.39, 0.29) is 18.9 Å². The van der Waals surface area contributed by atoms with Gasteiger partial charge in [-0.15, -0.1) is 0 Å². The molecular weight excluding hydrogens is 252 g/mol. The average Bonchev–Trinajstić information content (AvgIpc) is 2.30. The van der Waals surface area contributed by atoms with Gasteiger partial charge in [0.1, 0.15) is 12.2 Å². The van der Waals surface area contributed by atoms with Crippen molar-refractivity contribution in [3.63, 3.8) is 0 Å². The van der Waals surface area contributed by atoms with Crippen LogP contribution < -0.4 is 17.2 Å². The van der Waals surface area contributed by atoms with Crippen LogP contribution >= 0.6 is 0 Å². The molecule has 0 bridgehead atoms. The van der Waals surface area contributed by atoms with E-state index < -0.39 is 30.0 Å². The highest BCUT2D eigenvalue weighted by Crippen LogP contribution is 2.05. The summed E-state index contributed by atoms with van der Waals surface area (Å²) < 4.78 is 4.93. The number of ether oxygens (including phenoxy) is 1. The summed E-state index contributed by atoms with van der Waals surface area (Å²) in [5.41, 5.74) is 15.6. The maximum atomic E-state index is 11.6. The molecule has 0 radical (unpaired) electrons. The predicted molar refractivity (Wildman–Crippen MR) is 68.3 cm³/mol. The number of rotatable bonds is 7. The number of primary amides is 1. The van der Waals surface area contributed by atoms with Crippen molar-refractivity contribution in [3.8, 4) is 0 Å². The summed E-state index contributed by atoms with van der Waals surface area (Å²) in [4.78, 5) is 35.3. The number of nitrogens with two attached hydrogens (primary N) is 3. The monoisotopic (exact) mass is 274 g/mol. The Bertz CT molecular complexity index is 344. The predicted octanol–water partition coefficient (Wildman–Crippen LogP) is -1.87. The van der Waals surface area contributed by atoms with Crippen molar-refractivity contribution in [2.45, 2.75) is 32.5 Å². The largest absolute Gasteiger partial charge is 0.465 e. The van der Waals surface area contributed by atoms with Crippen LogP contribution in [0.4, 0.5) is 0 Å². The molecule has 0 aliphatic rings. The number of carbonyl (C=O) groups is 3. The van der Waals surface area contributed by atoms with Crippen molar-refractivity contribution in [1.29, 1.82) is 0 Å².